The van der Waals surface area contributed by atoms with E-state index in [0.29, 0.717) is 46.8 Å². The van der Waals surface area contributed by atoms with Crippen molar-refractivity contribution >= 4 is 23.1 Å². The van der Waals surface area contributed by atoms with E-state index in [1.165, 1.54) is 25.7 Å². The number of hydrogen-bond acceptors (Lipinski definition) is 4. The molecule has 0 unspecified atom stereocenters. The zero-order valence-electron chi connectivity index (χ0n) is 29.6. The van der Waals surface area contributed by atoms with Gasteiger partial charge in [0.2, 0.25) is 0 Å². The van der Waals surface area contributed by atoms with Crippen molar-refractivity contribution in [2.75, 3.05) is 0 Å². The average molecular weight is 609 g/mol. The molecule has 4 aliphatic rings. The van der Waals surface area contributed by atoms with Gasteiger partial charge in [0.25, 0.3) is 0 Å². The third-order valence-electron chi connectivity index (χ3n) is 9.93. The molecule has 4 aliphatic carbocycles. The zero-order valence-corrected chi connectivity index (χ0v) is 29.6. The Balaban J connectivity index is 0.000000293. The zero-order chi connectivity index (χ0) is 33.7. The molecule has 4 rings (SSSR count). The van der Waals surface area contributed by atoms with Gasteiger partial charge in [-0.3, -0.25) is 19.2 Å². The minimum Gasteiger partial charge on any atom is -0.299 e. The summed E-state index contributed by atoms with van der Waals surface area (Å²) in [5.41, 5.74) is 4.17. The normalized spacial score (nSPS) is 32.0. The van der Waals surface area contributed by atoms with E-state index in [1.807, 2.05) is 27.7 Å². The molecule has 4 nitrogen and oxygen atoms in total. The van der Waals surface area contributed by atoms with Crippen LogP contribution >= 0.6 is 0 Å². The van der Waals surface area contributed by atoms with Crippen LogP contribution in [0.4, 0.5) is 0 Å². The predicted molar refractivity (Wildman–Crippen MR) is 185 cm³/mol. The molecule has 0 aromatic carbocycles. The third-order valence-corrected chi connectivity index (χ3v) is 9.93. The van der Waals surface area contributed by atoms with Crippen LogP contribution in [0.1, 0.15) is 132 Å². The van der Waals surface area contributed by atoms with Gasteiger partial charge >= 0.3 is 0 Å². The highest BCUT2D eigenvalue weighted by Crippen LogP contribution is 2.31. The van der Waals surface area contributed by atoms with Crippen LogP contribution < -0.4 is 0 Å². The lowest BCUT2D eigenvalue weighted by molar-refractivity contribution is -0.125. The topological polar surface area (TPSA) is 68.3 Å². The van der Waals surface area contributed by atoms with Gasteiger partial charge in [0.15, 0.2) is 0 Å². The minimum absolute atomic E-state index is 0.172. The first-order valence-electron chi connectivity index (χ1n) is 17.2. The van der Waals surface area contributed by atoms with E-state index in [9.17, 15) is 19.2 Å². The van der Waals surface area contributed by atoms with Crippen molar-refractivity contribution < 1.29 is 19.2 Å². The first-order valence-corrected chi connectivity index (χ1v) is 17.2. The fourth-order valence-electron chi connectivity index (χ4n) is 6.88. The highest BCUT2D eigenvalue weighted by Gasteiger charge is 2.28. The number of allylic oxidation sites excluding steroid dienone is 4. The van der Waals surface area contributed by atoms with Gasteiger partial charge in [0.1, 0.15) is 23.1 Å². The Hall–Kier alpha value is -2.36. The summed E-state index contributed by atoms with van der Waals surface area (Å²) in [6, 6.07) is 0. The second-order valence-corrected chi connectivity index (χ2v) is 15.0. The van der Waals surface area contributed by atoms with Crippen LogP contribution in [0.3, 0.4) is 0 Å². The van der Waals surface area contributed by atoms with Crippen LogP contribution in [0, 0.1) is 47.3 Å². The maximum atomic E-state index is 11.4. The molecule has 0 amide bonds. The Labute approximate surface area is 270 Å². The van der Waals surface area contributed by atoms with E-state index in [0.717, 1.165) is 73.7 Å². The molecule has 0 bridgehead atoms. The molecule has 4 saturated carbocycles. The molecule has 8 atom stereocenters. The molecule has 0 spiro atoms. The number of ketones is 4. The summed E-state index contributed by atoms with van der Waals surface area (Å²) in [5.74, 6) is 4.67. The Morgan fingerprint density at radius 1 is 0.386 bits per heavy atom. The first-order chi connectivity index (χ1) is 20.4. The van der Waals surface area contributed by atoms with Crippen molar-refractivity contribution in [3.63, 3.8) is 0 Å². The van der Waals surface area contributed by atoms with Crippen LogP contribution in [0.25, 0.3) is 0 Å². The summed E-state index contributed by atoms with van der Waals surface area (Å²) in [4.78, 5) is 45.5. The number of hydrogen-bond donors (Lipinski definition) is 0. The molecule has 44 heavy (non-hydrogen) atoms. The molecular weight excluding hydrogens is 544 g/mol. The van der Waals surface area contributed by atoms with E-state index < -0.39 is 0 Å². The highest BCUT2D eigenvalue weighted by atomic mass is 16.1. The Morgan fingerprint density at radius 3 is 0.659 bits per heavy atom. The monoisotopic (exact) mass is 608 g/mol. The molecule has 0 heterocycles. The van der Waals surface area contributed by atoms with Crippen LogP contribution in [-0.4, -0.2) is 23.1 Å². The third kappa shape index (κ3) is 13.7. The second kappa shape index (κ2) is 19.2. The van der Waals surface area contributed by atoms with E-state index in [2.05, 4.69) is 54.0 Å². The summed E-state index contributed by atoms with van der Waals surface area (Å²) >= 11 is 0. The van der Waals surface area contributed by atoms with Gasteiger partial charge in [-0.2, -0.15) is 0 Å². The number of Topliss-reactive ketones (excluding diaryl/α,β-unsaturated/α-hetero) is 4. The Bertz CT molecular complexity index is 893. The quantitative estimate of drug-likeness (QED) is 0.298. The molecule has 0 N–H and O–H groups in total. The summed E-state index contributed by atoms with van der Waals surface area (Å²) in [6.45, 7) is 31.7. The minimum atomic E-state index is 0.172. The van der Waals surface area contributed by atoms with E-state index in [4.69, 9.17) is 0 Å². The van der Waals surface area contributed by atoms with Gasteiger partial charge in [0.05, 0.1) is 0 Å². The van der Waals surface area contributed by atoms with Gasteiger partial charge in [0, 0.05) is 49.4 Å². The number of carbonyl (C=O) groups excluding carboxylic acids is 4. The van der Waals surface area contributed by atoms with Gasteiger partial charge < -0.3 is 0 Å². The molecule has 4 heteroatoms. The van der Waals surface area contributed by atoms with Crippen LogP contribution in [0.15, 0.2) is 48.6 Å². The number of rotatable bonds is 4. The van der Waals surface area contributed by atoms with Gasteiger partial charge in [-0.1, -0.05) is 76.3 Å². The van der Waals surface area contributed by atoms with E-state index in [-0.39, 0.29) is 23.7 Å². The van der Waals surface area contributed by atoms with Crippen LogP contribution in [-0.2, 0) is 19.2 Å². The maximum Gasteiger partial charge on any atom is 0.140 e. The van der Waals surface area contributed by atoms with Crippen LogP contribution in [0.5, 0.6) is 0 Å². The van der Waals surface area contributed by atoms with Crippen molar-refractivity contribution in [1.82, 2.24) is 0 Å². The Kier molecular flexibility index (Phi) is 17.3. The SMILES string of the molecule is C=C(C)[C@@H]1CC[C@@H](C)CC1=O.C=C(C)[C@@H]1CC[C@H](C)CC1=O.C=C(C)[C@H]1CC[C@@H](C)CC1=O.C=C(C)[C@H]1CC[C@H](C)CC1=O. The van der Waals surface area contributed by atoms with E-state index >= 15 is 0 Å². The second-order valence-electron chi connectivity index (χ2n) is 15.0. The molecule has 0 radical (unpaired) electrons. The number of carbonyl (C=O) groups is 4. The lowest BCUT2D eigenvalue weighted by Gasteiger charge is -2.24. The molecule has 0 aromatic heterocycles. The summed E-state index contributed by atoms with van der Waals surface area (Å²) in [7, 11) is 0. The van der Waals surface area contributed by atoms with Crippen molar-refractivity contribution in [2.24, 2.45) is 47.3 Å². The molecule has 0 saturated heterocycles. The largest absolute Gasteiger partial charge is 0.299 e. The lowest BCUT2D eigenvalue weighted by Crippen LogP contribution is -2.23. The van der Waals surface area contributed by atoms with Gasteiger partial charge in [-0.25, -0.2) is 0 Å². The summed E-state index contributed by atoms with van der Waals surface area (Å²) in [5, 5.41) is 0. The molecule has 0 aromatic rings. The summed E-state index contributed by atoms with van der Waals surface area (Å²) in [6.07, 6.45) is 11.9. The molecule has 0 aliphatic heterocycles. The molecule has 248 valence electrons. The molecule has 4 fully saturated rings. The van der Waals surface area contributed by atoms with Gasteiger partial charge in [-0.05, 0) is 103 Å². The predicted octanol–water partition coefficient (Wildman–Crippen LogP) is 10.3. The van der Waals surface area contributed by atoms with Gasteiger partial charge in [-0.15, -0.1) is 0 Å². The average Bonchev–Trinajstić information content (AvgIpc) is 2.89. The smallest absolute Gasteiger partial charge is 0.140 e. The van der Waals surface area contributed by atoms with Crippen molar-refractivity contribution in [2.45, 2.75) is 132 Å². The summed E-state index contributed by atoms with van der Waals surface area (Å²) < 4.78 is 0. The van der Waals surface area contributed by atoms with Crippen molar-refractivity contribution in [3.8, 4) is 0 Å². The van der Waals surface area contributed by atoms with Crippen molar-refractivity contribution in [1.29, 1.82) is 0 Å². The van der Waals surface area contributed by atoms with E-state index in [1.54, 1.807) is 0 Å². The maximum absolute atomic E-state index is 11.4. The fourth-order valence-corrected chi connectivity index (χ4v) is 6.88. The Morgan fingerprint density at radius 2 is 0.545 bits per heavy atom. The standard InChI is InChI=1S/4C10H16O/c4*1-7(2)9-5-4-8(3)6-10(9)11/h4*8-9H,1,4-6H2,2-3H3/t2*8-,9+;2*8-,9-/m1010/s1. The van der Waals surface area contributed by atoms with Crippen LogP contribution in [0.2, 0.25) is 0 Å². The first kappa shape index (κ1) is 39.7. The fraction of sp³-hybridized carbons (Fsp3) is 0.700. The highest BCUT2D eigenvalue weighted by molar-refractivity contribution is 5.85. The molecular formula is C40H64O4. The lowest BCUT2D eigenvalue weighted by atomic mass is 9.79. The van der Waals surface area contributed by atoms with Crippen molar-refractivity contribution in [3.05, 3.63) is 48.6 Å².